The molecule has 0 radical (unpaired) electrons. The summed E-state index contributed by atoms with van der Waals surface area (Å²) >= 11 is 0. The first kappa shape index (κ1) is 14.0. The third kappa shape index (κ3) is 3.18. The summed E-state index contributed by atoms with van der Waals surface area (Å²) in [6.45, 7) is 2.88. The van der Waals surface area contributed by atoms with Crippen molar-refractivity contribution in [3.8, 4) is 0 Å². The number of sulfone groups is 1. The highest BCUT2D eigenvalue weighted by molar-refractivity contribution is 7.91. The van der Waals surface area contributed by atoms with Crippen molar-refractivity contribution in [3.63, 3.8) is 0 Å². The summed E-state index contributed by atoms with van der Waals surface area (Å²) in [5, 5.41) is 2.57. The van der Waals surface area contributed by atoms with Crippen molar-refractivity contribution in [2.24, 2.45) is 5.41 Å². The molecular weight excluding hydrogens is 246 g/mol. The van der Waals surface area contributed by atoms with Gasteiger partial charge < -0.3 is 10.1 Å². The van der Waals surface area contributed by atoms with E-state index in [1.165, 1.54) is 21.0 Å². The maximum absolute atomic E-state index is 11.8. The zero-order valence-electron chi connectivity index (χ0n) is 10.1. The van der Waals surface area contributed by atoms with Crippen molar-refractivity contribution in [1.29, 1.82) is 0 Å². The van der Waals surface area contributed by atoms with E-state index < -0.39 is 33.2 Å². The molecule has 1 N–H and O–H groups in total. The number of esters is 1. The lowest BCUT2D eigenvalue weighted by Crippen LogP contribution is -2.47. The molecule has 0 saturated carbocycles. The first-order valence-corrected chi connectivity index (χ1v) is 7.11. The molecule has 0 spiro atoms. The standard InChI is InChI=1S/C10H17NO5S/c1-10(2,9(13)16-3)8(12)11-7-4-5-17(14,15)6-7/h7H,4-6H2,1-3H3,(H,11,12). The summed E-state index contributed by atoms with van der Waals surface area (Å²) < 4.78 is 27.0. The highest BCUT2D eigenvalue weighted by atomic mass is 32.2. The first-order chi connectivity index (χ1) is 7.69. The SMILES string of the molecule is COC(=O)C(C)(C)C(=O)NC1CCS(=O)(=O)C1. The number of methoxy groups -OCH3 is 1. The molecule has 17 heavy (non-hydrogen) atoms. The van der Waals surface area contributed by atoms with Crippen LogP contribution in [0.5, 0.6) is 0 Å². The van der Waals surface area contributed by atoms with Gasteiger partial charge in [0.05, 0.1) is 18.6 Å². The maximum atomic E-state index is 11.8. The highest BCUT2D eigenvalue weighted by Gasteiger charge is 2.39. The van der Waals surface area contributed by atoms with Crippen molar-refractivity contribution >= 4 is 21.7 Å². The number of ether oxygens (including phenoxy) is 1. The minimum absolute atomic E-state index is 0.0595. The van der Waals surface area contributed by atoms with Gasteiger partial charge in [0.15, 0.2) is 9.84 Å². The lowest BCUT2D eigenvalue weighted by molar-refractivity contribution is -0.156. The van der Waals surface area contributed by atoms with Gasteiger partial charge in [-0.3, -0.25) is 9.59 Å². The Hall–Kier alpha value is -1.11. The zero-order valence-corrected chi connectivity index (χ0v) is 11.0. The number of hydrogen-bond acceptors (Lipinski definition) is 5. The third-order valence-corrected chi connectivity index (χ3v) is 4.60. The Kier molecular flexibility index (Phi) is 3.81. The first-order valence-electron chi connectivity index (χ1n) is 5.29. The number of carbonyl (C=O) groups is 2. The maximum Gasteiger partial charge on any atom is 0.320 e. The Morgan fingerprint density at radius 2 is 1.94 bits per heavy atom. The Labute approximate surface area is 101 Å². The molecule has 1 atom stereocenters. The van der Waals surface area contributed by atoms with Crippen LogP contribution in [0.4, 0.5) is 0 Å². The lowest BCUT2D eigenvalue weighted by atomic mass is 9.92. The van der Waals surface area contributed by atoms with Crippen LogP contribution < -0.4 is 5.32 Å². The van der Waals surface area contributed by atoms with Crippen LogP contribution in [0.25, 0.3) is 0 Å². The van der Waals surface area contributed by atoms with Crippen LogP contribution in [0.3, 0.4) is 0 Å². The fraction of sp³-hybridized carbons (Fsp3) is 0.800. The Bertz CT molecular complexity index is 426. The van der Waals surface area contributed by atoms with Crippen molar-refractivity contribution in [3.05, 3.63) is 0 Å². The van der Waals surface area contributed by atoms with E-state index in [1.807, 2.05) is 0 Å². The lowest BCUT2D eigenvalue weighted by Gasteiger charge is -2.22. The minimum Gasteiger partial charge on any atom is -0.468 e. The van der Waals surface area contributed by atoms with Crippen molar-refractivity contribution in [2.75, 3.05) is 18.6 Å². The normalized spacial score (nSPS) is 23.1. The van der Waals surface area contributed by atoms with E-state index >= 15 is 0 Å². The van der Waals surface area contributed by atoms with Gasteiger partial charge in [0.2, 0.25) is 5.91 Å². The summed E-state index contributed by atoms with van der Waals surface area (Å²) in [7, 11) is -1.84. The Morgan fingerprint density at radius 3 is 2.35 bits per heavy atom. The van der Waals surface area contributed by atoms with E-state index in [0.29, 0.717) is 6.42 Å². The number of amides is 1. The fourth-order valence-electron chi connectivity index (χ4n) is 1.62. The second-order valence-corrected chi connectivity index (χ2v) is 6.92. The molecule has 6 nitrogen and oxygen atoms in total. The average molecular weight is 263 g/mol. The summed E-state index contributed by atoms with van der Waals surface area (Å²) in [6, 6.07) is -0.406. The van der Waals surface area contributed by atoms with Crippen molar-refractivity contribution in [2.45, 2.75) is 26.3 Å². The predicted octanol–water partition coefficient (Wildman–Crippen LogP) is -0.511. The molecule has 0 bridgehead atoms. The smallest absolute Gasteiger partial charge is 0.320 e. The van der Waals surface area contributed by atoms with Crippen molar-refractivity contribution < 1.29 is 22.7 Å². The van der Waals surface area contributed by atoms with Crippen LogP contribution in [0, 0.1) is 5.41 Å². The van der Waals surface area contributed by atoms with E-state index in [2.05, 4.69) is 10.1 Å². The van der Waals surface area contributed by atoms with Gasteiger partial charge in [-0.1, -0.05) is 0 Å². The van der Waals surface area contributed by atoms with Crippen LogP contribution in [-0.2, 0) is 24.2 Å². The van der Waals surface area contributed by atoms with Gasteiger partial charge in [-0.15, -0.1) is 0 Å². The van der Waals surface area contributed by atoms with E-state index in [4.69, 9.17) is 0 Å². The van der Waals surface area contributed by atoms with Crippen LogP contribution in [-0.4, -0.2) is 45.0 Å². The van der Waals surface area contributed by atoms with Gasteiger partial charge in [-0.05, 0) is 20.3 Å². The number of nitrogens with one attached hydrogen (secondary N) is 1. The zero-order chi connectivity index (χ0) is 13.3. The molecule has 1 rings (SSSR count). The number of hydrogen-bond donors (Lipinski definition) is 1. The second kappa shape index (κ2) is 4.64. The quantitative estimate of drug-likeness (QED) is 0.547. The summed E-state index contributed by atoms with van der Waals surface area (Å²) in [4.78, 5) is 23.2. The van der Waals surface area contributed by atoms with Gasteiger partial charge in [0.1, 0.15) is 5.41 Å². The molecule has 1 saturated heterocycles. The molecule has 1 amide bonds. The summed E-state index contributed by atoms with van der Waals surface area (Å²) in [6.07, 6.45) is 0.394. The van der Waals surface area contributed by atoms with E-state index in [1.54, 1.807) is 0 Å². The van der Waals surface area contributed by atoms with E-state index in [0.717, 1.165) is 0 Å². The van der Waals surface area contributed by atoms with Gasteiger partial charge in [-0.25, -0.2) is 8.42 Å². The molecule has 1 aliphatic rings. The Morgan fingerprint density at radius 1 is 1.35 bits per heavy atom. The second-order valence-electron chi connectivity index (χ2n) is 4.69. The summed E-state index contributed by atoms with van der Waals surface area (Å²) in [5.41, 5.74) is -1.30. The average Bonchev–Trinajstić information content (AvgIpc) is 2.56. The van der Waals surface area contributed by atoms with Gasteiger partial charge in [0.25, 0.3) is 0 Å². The van der Waals surface area contributed by atoms with Crippen LogP contribution >= 0.6 is 0 Å². The molecule has 0 aromatic carbocycles. The van der Waals surface area contributed by atoms with Crippen molar-refractivity contribution in [1.82, 2.24) is 5.32 Å². The molecule has 98 valence electrons. The highest BCUT2D eigenvalue weighted by Crippen LogP contribution is 2.19. The van der Waals surface area contributed by atoms with Gasteiger partial charge in [0, 0.05) is 6.04 Å². The molecule has 1 fully saturated rings. The molecule has 0 aromatic heterocycles. The number of rotatable bonds is 3. The van der Waals surface area contributed by atoms with Gasteiger partial charge >= 0.3 is 5.97 Å². The molecule has 0 aromatic rings. The number of carbonyl (C=O) groups excluding carboxylic acids is 2. The molecule has 0 aliphatic carbocycles. The Balaban J connectivity index is 2.65. The summed E-state index contributed by atoms with van der Waals surface area (Å²) in [5.74, 6) is -1.13. The molecule has 7 heteroatoms. The topological polar surface area (TPSA) is 89.5 Å². The molecule has 1 unspecified atom stereocenters. The van der Waals surface area contributed by atoms with Gasteiger partial charge in [-0.2, -0.15) is 0 Å². The largest absolute Gasteiger partial charge is 0.468 e. The van der Waals surface area contributed by atoms with Crippen LogP contribution in [0.15, 0.2) is 0 Å². The molecular formula is C10H17NO5S. The monoisotopic (exact) mass is 263 g/mol. The van der Waals surface area contributed by atoms with Crippen LogP contribution in [0.2, 0.25) is 0 Å². The fourth-order valence-corrected chi connectivity index (χ4v) is 3.30. The van der Waals surface area contributed by atoms with E-state index in [9.17, 15) is 18.0 Å². The predicted molar refractivity (Wildman–Crippen MR) is 61.0 cm³/mol. The molecule has 1 aliphatic heterocycles. The third-order valence-electron chi connectivity index (χ3n) is 2.83. The van der Waals surface area contributed by atoms with E-state index in [-0.39, 0.29) is 11.5 Å². The van der Waals surface area contributed by atoms with Crippen LogP contribution in [0.1, 0.15) is 20.3 Å². The minimum atomic E-state index is -3.04. The molecule has 1 heterocycles.